The number of hydrogen-bond donors (Lipinski definition) is 1. The number of rotatable bonds is 7. The van der Waals surface area contributed by atoms with Crippen molar-refractivity contribution in [2.45, 2.75) is 6.54 Å². The van der Waals surface area contributed by atoms with E-state index < -0.39 is 17.4 Å². The van der Waals surface area contributed by atoms with Crippen LogP contribution < -0.4 is 20.3 Å². The number of nitrogens with zero attached hydrogens (tertiary/aromatic N) is 2. The number of aromatic nitrogens is 2. The zero-order chi connectivity index (χ0) is 22.4. The van der Waals surface area contributed by atoms with Gasteiger partial charge < -0.3 is 19.5 Å². The van der Waals surface area contributed by atoms with Gasteiger partial charge in [-0.25, -0.2) is 9.48 Å². The smallest absolute Gasteiger partial charge is 0.337 e. The number of benzene rings is 2. The monoisotopic (exact) mass is 423 g/mol. The molecule has 3 aromatic rings. The Morgan fingerprint density at radius 2 is 1.71 bits per heavy atom. The molecule has 1 heterocycles. The number of amides is 1. The van der Waals surface area contributed by atoms with Crippen LogP contribution >= 0.6 is 0 Å². The second kappa shape index (κ2) is 9.57. The molecule has 9 nitrogen and oxygen atoms in total. The largest absolute Gasteiger partial charge is 0.497 e. The molecule has 0 radical (unpaired) electrons. The zero-order valence-electron chi connectivity index (χ0n) is 17.2. The summed E-state index contributed by atoms with van der Waals surface area (Å²) in [4.78, 5) is 36.2. The van der Waals surface area contributed by atoms with Crippen LogP contribution in [0.1, 0.15) is 10.4 Å². The van der Waals surface area contributed by atoms with Crippen LogP contribution in [-0.4, -0.2) is 43.0 Å². The van der Waals surface area contributed by atoms with Gasteiger partial charge in [0.25, 0.3) is 5.56 Å². The summed E-state index contributed by atoms with van der Waals surface area (Å²) >= 11 is 0. The Bertz CT molecular complexity index is 1150. The van der Waals surface area contributed by atoms with Crippen LogP contribution in [0.3, 0.4) is 0 Å². The molecular weight excluding hydrogens is 402 g/mol. The Hall–Kier alpha value is -4.14. The fraction of sp³-hybridized carbons (Fsp3) is 0.182. The van der Waals surface area contributed by atoms with E-state index in [1.807, 2.05) is 0 Å². The molecule has 1 N–H and O–H groups in total. The van der Waals surface area contributed by atoms with Crippen LogP contribution in [-0.2, 0) is 16.1 Å². The van der Waals surface area contributed by atoms with Crippen LogP contribution in [0, 0.1) is 0 Å². The fourth-order valence-electron chi connectivity index (χ4n) is 2.86. The summed E-state index contributed by atoms with van der Waals surface area (Å²) in [5.41, 5.74) is 1.47. The first-order chi connectivity index (χ1) is 14.9. The summed E-state index contributed by atoms with van der Waals surface area (Å²) in [6, 6.07) is 14.3. The molecule has 0 saturated carbocycles. The SMILES string of the molecule is COC(=O)c1ccc(NC(=O)Cn2nc(-c3cc(OC)ccc3OC)ccc2=O)cc1. The number of carbonyl (C=O) groups is 2. The minimum Gasteiger partial charge on any atom is -0.497 e. The van der Waals surface area contributed by atoms with Gasteiger partial charge in [-0.05, 0) is 48.5 Å². The molecule has 2 aromatic carbocycles. The quantitative estimate of drug-likeness (QED) is 0.581. The molecular formula is C22H21N3O6. The molecule has 3 rings (SSSR count). The highest BCUT2D eigenvalue weighted by atomic mass is 16.5. The van der Waals surface area contributed by atoms with E-state index in [2.05, 4.69) is 15.2 Å². The molecule has 0 aliphatic rings. The molecule has 0 atom stereocenters. The predicted molar refractivity (Wildman–Crippen MR) is 113 cm³/mol. The van der Waals surface area contributed by atoms with Crippen molar-refractivity contribution in [3.8, 4) is 22.8 Å². The van der Waals surface area contributed by atoms with Gasteiger partial charge in [-0.1, -0.05) is 0 Å². The average Bonchev–Trinajstić information content (AvgIpc) is 2.80. The minimum atomic E-state index is -0.474. The molecule has 9 heteroatoms. The molecule has 1 amide bonds. The third-order valence-electron chi connectivity index (χ3n) is 4.43. The zero-order valence-corrected chi connectivity index (χ0v) is 17.2. The Balaban J connectivity index is 1.80. The van der Waals surface area contributed by atoms with E-state index in [0.29, 0.717) is 34.0 Å². The van der Waals surface area contributed by atoms with Gasteiger partial charge in [-0.2, -0.15) is 5.10 Å². The molecule has 0 spiro atoms. The first-order valence-corrected chi connectivity index (χ1v) is 9.24. The summed E-state index contributed by atoms with van der Waals surface area (Å²) in [5.74, 6) is 0.228. The third-order valence-corrected chi connectivity index (χ3v) is 4.43. The molecule has 0 fully saturated rings. The number of ether oxygens (including phenoxy) is 3. The van der Waals surface area contributed by atoms with Gasteiger partial charge >= 0.3 is 5.97 Å². The Morgan fingerprint density at radius 3 is 2.35 bits per heavy atom. The van der Waals surface area contributed by atoms with Gasteiger partial charge in [0, 0.05) is 17.3 Å². The number of anilines is 1. The standard InChI is InChI=1S/C22H21N3O6/c1-29-16-8-10-19(30-2)17(12-16)18-9-11-21(27)25(24-18)13-20(26)23-15-6-4-14(5-7-15)22(28)31-3/h4-12H,13H2,1-3H3,(H,23,26). The summed E-state index contributed by atoms with van der Waals surface area (Å²) < 4.78 is 16.3. The molecule has 1 aromatic heterocycles. The second-order valence-electron chi connectivity index (χ2n) is 6.40. The van der Waals surface area contributed by atoms with Crippen molar-refractivity contribution >= 4 is 17.6 Å². The number of nitrogens with one attached hydrogen (secondary N) is 1. The van der Waals surface area contributed by atoms with Crippen LogP contribution in [0.2, 0.25) is 0 Å². The first kappa shape index (κ1) is 21.6. The highest BCUT2D eigenvalue weighted by Gasteiger charge is 2.13. The van der Waals surface area contributed by atoms with Crippen LogP contribution in [0.5, 0.6) is 11.5 Å². The lowest BCUT2D eigenvalue weighted by Gasteiger charge is -2.12. The van der Waals surface area contributed by atoms with E-state index in [9.17, 15) is 14.4 Å². The van der Waals surface area contributed by atoms with E-state index in [-0.39, 0.29) is 6.54 Å². The number of hydrogen-bond acceptors (Lipinski definition) is 7. The lowest BCUT2D eigenvalue weighted by molar-refractivity contribution is -0.117. The van der Waals surface area contributed by atoms with Crippen molar-refractivity contribution in [2.75, 3.05) is 26.6 Å². The van der Waals surface area contributed by atoms with Crippen LogP contribution in [0.25, 0.3) is 11.3 Å². The summed E-state index contributed by atoms with van der Waals surface area (Å²) in [6.07, 6.45) is 0. The summed E-state index contributed by atoms with van der Waals surface area (Å²) in [7, 11) is 4.36. The van der Waals surface area contributed by atoms with Crippen molar-refractivity contribution < 1.29 is 23.8 Å². The summed E-state index contributed by atoms with van der Waals surface area (Å²) in [6.45, 7) is -0.294. The fourth-order valence-corrected chi connectivity index (χ4v) is 2.86. The van der Waals surface area contributed by atoms with E-state index >= 15 is 0 Å². The van der Waals surface area contributed by atoms with E-state index in [1.54, 1.807) is 43.5 Å². The molecule has 31 heavy (non-hydrogen) atoms. The molecule has 0 aliphatic heterocycles. The Morgan fingerprint density at radius 1 is 0.968 bits per heavy atom. The van der Waals surface area contributed by atoms with Crippen molar-refractivity contribution in [1.29, 1.82) is 0 Å². The van der Waals surface area contributed by atoms with Crippen molar-refractivity contribution in [1.82, 2.24) is 9.78 Å². The van der Waals surface area contributed by atoms with Gasteiger partial charge in [0.05, 0.1) is 32.6 Å². The van der Waals surface area contributed by atoms with Crippen LogP contribution in [0.4, 0.5) is 5.69 Å². The predicted octanol–water partition coefficient (Wildman–Crippen LogP) is 2.35. The van der Waals surface area contributed by atoms with Crippen molar-refractivity contribution in [3.05, 3.63) is 70.5 Å². The van der Waals surface area contributed by atoms with Gasteiger partial charge in [-0.15, -0.1) is 0 Å². The average molecular weight is 423 g/mol. The molecule has 0 bridgehead atoms. The highest BCUT2D eigenvalue weighted by Crippen LogP contribution is 2.31. The molecule has 0 unspecified atom stereocenters. The van der Waals surface area contributed by atoms with Crippen LogP contribution in [0.15, 0.2) is 59.4 Å². The molecule has 0 saturated heterocycles. The minimum absolute atomic E-state index is 0.294. The Kier molecular flexibility index (Phi) is 6.66. The van der Waals surface area contributed by atoms with Gasteiger partial charge in [0.1, 0.15) is 18.0 Å². The van der Waals surface area contributed by atoms with E-state index in [4.69, 9.17) is 9.47 Å². The highest BCUT2D eigenvalue weighted by molar-refractivity contribution is 5.92. The van der Waals surface area contributed by atoms with Gasteiger partial charge in [0.2, 0.25) is 5.91 Å². The lowest BCUT2D eigenvalue weighted by atomic mass is 10.1. The normalized spacial score (nSPS) is 10.3. The topological polar surface area (TPSA) is 109 Å². The summed E-state index contributed by atoms with van der Waals surface area (Å²) in [5, 5.41) is 6.97. The number of esters is 1. The number of carbonyl (C=O) groups excluding carboxylic acids is 2. The maximum Gasteiger partial charge on any atom is 0.337 e. The number of methoxy groups -OCH3 is 3. The second-order valence-corrected chi connectivity index (χ2v) is 6.40. The van der Waals surface area contributed by atoms with Gasteiger partial charge in [0.15, 0.2) is 0 Å². The maximum absolute atomic E-state index is 12.4. The van der Waals surface area contributed by atoms with Crippen molar-refractivity contribution in [2.24, 2.45) is 0 Å². The lowest BCUT2D eigenvalue weighted by Crippen LogP contribution is -2.29. The third kappa shape index (κ3) is 5.08. The first-order valence-electron chi connectivity index (χ1n) is 9.24. The van der Waals surface area contributed by atoms with E-state index in [0.717, 1.165) is 4.68 Å². The maximum atomic E-state index is 12.4. The molecule has 0 aliphatic carbocycles. The Labute approximate surface area is 178 Å². The molecule has 160 valence electrons. The van der Waals surface area contributed by atoms with Crippen molar-refractivity contribution in [3.63, 3.8) is 0 Å². The van der Waals surface area contributed by atoms with Gasteiger partial charge in [-0.3, -0.25) is 9.59 Å². The van der Waals surface area contributed by atoms with E-state index in [1.165, 1.54) is 32.4 Å².